The molecule has 0 saturated heterocycles. The molecule has 0 aliphatic heterocycles. The molecule has 0 bridgehead atoms. The minimum absolute atomic E-state index is 0.0249. The average molecular weight is 350 g/mol. The van der Waals surface area contributed by atoms with Crippen molar-refractivity contribution in [1.29, 1.82) is 0 Å². The fourth-order valence-corrected chi connectivity index (χ4v) is 3.54. The highest BCUT2D eigenvalue weighted by Gasteiger charge is 2.17. The Balaban J connectivity index is 1.70. The molecule has 0 saturated carbocycles. The highest BCUT2D eigenvalue weighted by molar-refractivity contribution is 7.10. The van der Waals surface area contributed by atoms with E-state index in [1.807, 2.05) is 55.6 Å². The number of carbonyl (C=O) groups excluding carboxylic acids is 1. The van der Waals surface area contributed by atoms with E-state index in [2.05, 4.69) is 34.9 Å². The second-order valence-electron chi connectivity index (χ2n) is 6.10. The fraction of sp³-hybridized carbons (Fsp3) is 0.190. The van der Waals surface area contributed by atoms with Crippen molar-refractivity contribution in [3.8, 4) is 0 Å². The Morgan fingerprint density at radius 3 is 2.56 bits per heavy atom. The van der Waals surface area contributed by atoms with Gasteiger partial charge in [-0.3, -0.25) is 4.79 Å². The molecular formula is C21H22N2OS. The first-order valence-corrected chi connectivity index (χ1v) is 9.20. The summed E-state index contributed by atoms with van der Waals surface area (Å²) in [4.78, 5) is 13.7. The molecule has 0 spiro atoms. The summed E-state index contributed by atoms with van der Waals surface area (Å²) in [6.07, 6.45) is 0. The van der Waals surface area contributed by atoms with Crippen molar-refractivity contribution in [1.82, 2.24) is 5.32 Å². The third-order valence-electron chi connectivity index (χ3n) is 4.10. The van der Waals surface area contributed by atoms with Crippen LogP contribution in [0.15, 0.2) is 66.0 Å². The van der Waals surface area contributed by atoms with Crippen molar-refractivity contribution < 1.29 is 4.79 Å². The largest absolute Gasteiger partial charge is 0.376 e. The SMILES string of the molecule is Cc1ccc(C)c(NCC(=O)N[C@H](c2ccccc2)c2cccs2)c1. The van der Waals surface area contributed by atoms with E-state index >= 15 is 0 Å². The van der Waals surface area contributed by atoms with Crippen LogP contribution in [0, 0.1) is 13.8 Å². The van der Waals surface area contributed by atoms with Crippen molar-refractivity contribution in [2.75, 3.05) is 11.9 Å². The van der Waals surface area contributed by atoms with Gasteiger partial charge < -0.3 is 10.6 Å². The summed E-state index contributed by atoms with van der Waals surface area (Å²) in [6, 6.07) is 20.2. The molecule has 128 valence electrons. The predicted octanol–water partition coefficient (Wildman–Crippen LogP) is 4.68. The summed E-state index contributed by atoms with van der Waals surface area (Å²) in [5.74, 6) is -0.0249. The zero-order valence-corrected chi connectivity index (χ0v) is 15.3. The Kier molecular flexibility index (Phi) is 5.51. The lowest BCUT2D eigenvalue weighted by Gasteiger charge is -2.19. The molecule has 0 aliphatic rings. The van der Waals surface area contributed by atoms with E-state index in [1.165, 1.54) is 5.56 Å². The molecule has 3 rings (SSSR count). The van der Waals surface area contributed by atoms with Crippen LogP contribution in [-0.2, 0) is 4.79 Å². The summed E-state index contributed by atoms with van der Waals surface area (Å²) in [5.41, 5.74) is 4.40. The van der Waals surface area contributed by atoms with Crippen LogP contribution in [0.1, 0.15) is 27.6 Å². The van der Waals surface area contributed by atoms with Crippen LogP contribution >= 0.6 is 11.3 Å². The van der Waals surface area contributed by atoms with Gasteiger partial charge in [0, 0.05) is 10.6 Å². The van der Waals surface area contributed by atoms with Crippen LogP contribution in [-0.4, -0.2) is 12.5 Å². The van der Waals surface area contributed by atoms with Gasteiger partial charge >= 0.3 is 0 Å². The molecule has 0 aliphatic carbocycles. The van der Waals surface area contributed by atoms with Crippen molar-refractivity contribution in [2.24, 2.45) is 0 Å². The Hall–Kier alpha value is -2.59. The van der Waals surface area contributed by atoms with E-state index in [0.717, 1.165) is 21.7 Å². The number of nitrogens with one attached hydrogen (secondary N) is 2. The third-order valence-corrected chi connectivity index (χ3v) is 5.04. The third kappa shape index (κ3) is 4.48. The minimum Gasteiger partial charge on any atom is -0.376 e. The van der Waals surface area contributed by atoms with E-state index in [-0.39, 0.29) is 18.5 Å². The van der Waals surface area contributed by atoms with Gasteiger partial charge in [-0.1, -0.05) is 48.5 Å². The first-order chi connectivity index (χ1) is 12.1. The van der Waals surface area contributed by atoms with Gasteiger partial charge in [0.25, 0.3) is 0 Å². The lowest BCUT2D eigenvalue weighted by Crippen LogP contribution is -2.33. The number of hydrogen-bond acceptors (Lipinski definition) is 3. The van der Waals surface area contributed by atoms with Gasteiger partial charge in [0.1, 0.15) is 0 Å². The smallest absolute Gasteiger partial charge is 0.240 e. The fourth-order valence-electron chi connectivity index (χ4n) is 2.73. The zero-order valence-electron chi connectivity index (χ0n) is 14.5. The maximum Gasteiger partial charge on any atom is 0.240 e. The van der Waals surface area contributed by atoms with Crippen molar-refractivity contribution >= 4 is 22.9 Å². The van der Waals surface area contributed by atoms with E-state index in [4.69, 9.17) is 0 Å². The van der Waals surface area contributed by atoms with Crippen molar-refractivity contribution in [3.63, 3.8) is 0 Å². The second kappa shape index (κ2) is 7.99. The lowest BCUT2D eigenvalue weighted by atomic mass is 10.1. The average Bonchev–Trinajstić information content (AvgIpc) is 3.15. The normalized spacial score (nSPS) is 11.8. The maximum absolute atomic E-state index is 12.5. The number of benzene rings is 2. The molecular weight excluding hydrogens is 328 g/mol. The van der Waals surface area contributed by atoms with Crippen molar-refractivity contribution in [3.05, 3.63) is 87.6 Å². The monoisotopic (exact) mass is 350 g/mol. The number of amides is 1. The summed E-state index contributed by atoms with van der Waals surface area (Å²) < 4.78 is 0. The zero-order chi connectivity index (χ0) is 17.6. The first kappa shape index (κ1) is 17.2. The molecule has 0 radical (unpaired) electrons. The van der Waals surface area contributed by atoms with Crippen LogP contribution in [0.5, 0.6) is 0 Å². The predicted molar refractivity (Wildman–Crippen MR) is 105 cm³/mol. The van der Waals surface area contributed by atoms with Gasteiger partial charge in [-0.05, 0) is 48.1 Å². The van der Waals surface area contributed by atoms with Gasteiger partial charge in [-0.25, -0.2) is 0 Å². The van der Waals surface area contributed by atoms with E-state index in [1.54, 1.807) is 11.3 Å². The van der Waals surface area contributed by atoms with E-state index in [9.17, 15) is 4.79 Å². The number of carbonyl (C=O) groups is 1. The van der Waals surface area contributed by atoms with Crippen LogP contribution < -0.4 is 10.6 Å². The summed E-state index contributed by atoms with van der Waals surface area (Å²) in [6.45, 7) is 4.34. The number of anilines is 1. The number of thiophene rings is 1. The highest BCUT2D eigenvalue weighted by atomic mass is 32.1. The lowest BCUT2D eigenvalue weighted by molar-refractivity contribution is -0.119. The quantitative estimate of drug-likeness (QED) is 0.677. The molecule has 1 atom stereocenters. The summed E-state index contributed by atoms with van der Waals surface area (Å²) in [5, 5.41) is 8.43. The van der Waals surface area contributed by atoms with Gasteiger partial charge in [-0.15, -0.1) is 11.3 Å². The van der Waals surface area contributed by atoms with E-state index in [0.29, 0.717) is 0 Å². The maximum atomic E-state index is 12.5. The topological polar surface area (TPSA) is 41.1 Å². The number of rotatable bonds is 6. The molecule has 25 heavy (non-hydrogen) atoms. The molecule has 1 heterocycles. The minimum atomic E-state index is -0.117. The first-order valence-electron chi connectivity index (χ1n) is 8.32. The summed E-state index contributed by atoms with van der Waals surface area (Å²) >= 11 is 1.65. The van der Waals surface area contributed by atoms with Crippen LogP contribution in [0.4, 0.5) is 5.69 Å². The summed E-state index contributed by atoms with van der Waals surface area (Å²) in [7, 11) is 0. The van der Waals surface area contributed by atoms with Gasteiger partial charge in [0.05, 0.1) is 12.6 Å². The number of hydrogen-bond donors (Lipinski definition) is 2. The van der Waals surface area contributed by atoms with Gasteiger partial charge in [0.15, 0.2) is 0 Å². The van der Waals surface area contributed by atoms with Crippen LogP contribution in [0.3, 0.4) is 0 Å². The van der Waals surface area contributed by atoms with E-state index < -0.39 is 0 Å². The standard InChI is InChI=1S/C21H22N2OS/c1-15-10-11-16(2)18(13-15)22-14-20(24)23-21(19-9-6-12-25-19)17-7-4-3-5-8-17/h3-13,21-22H,14H2,1-2H3,(H,23,24)/t21-/m1/s1. The molecule has 2 aromatic carbocycles. The Labute approximate surface area is 152 Å². The molecule has 3 aromatic rings. The molecule has 3 nitrogen and oxygen atoms in total. The second-order valence-corrected chi connectivity index (χ2v) is 7.08. The molecule has 0 fully saturated rings. The molecule has 1 aromatic heterocycles. The van der Waals surface area contributed by atoms with Gasteiger partial charge in [-0.2, -0.15) is 0 Å². The van der Waals surface area contributed by atoms with Crippen molar-refractivity contribution in [2.45, 2.75) is 19.9 Å². The highest BCUT2D eigenvalue weighted by Crippen LogP contribution is 2.25. The Bertz CT molecular complexity index is 828. The number of aryl methyl sites for hydroxylation is 2. The van der Waals surface area contributed by atoms with Crippen LogP contribution in [0.25, 0.3) is 0 Å². The Morgan fingerprint density at radius 1 is 1.04 bits per heavy atom. The molecule has 4 heteroatoms. The molecule has 2 N–H and O–H groups in total. The Morgan fingerprint density at radius 2 is 1.84 bits per heavy atom. The van der Waals surface area contributed by atoms with Crippen LogP contribution in [0.2, 0.25) is 0 Å². The van der Waals surface area contributed by atoms with Gasteiger partial charge in [0.2, 0.25) is 5.91 Å². The molecule has 1 amide bonds. The molecule has 0 unspecified atom stereocenters.